The van der Waals surface area contributed by atoms with Gasteiger partial charge in [0.25, 0.3) is 0 Å². The first-order chi connectivity index (χ1) is 9.03. The van der Waals surface area contributed by atoms with Crippen molar-refractivity contribution < 1.29 is 9.90 Å². The van der Waals surface area contributed by atoms with E-state index >= 15 is 0 Å². The molecule has 0 aromatic heterocycles. The van der Waals surface area contributed by atoms with Crippen LogP contribution in [0, 0.1) is 0 Å². The zero-order valence-corrected chi connectivity index (χ0v) is 12.0. The third kappa shape index (κ3) is 4.24. The fraction of sp³-hybridized carbons (Fsp3) is 0.533. The molecule has 0 aliphatic heterocycles. The molecule has 2 N–H and O–H groups in total. The second-order valence-corrected chi connectivity index (χ2v) is 4.83. The standard InChI is InChI=1S/C15H24N2O2/c1-4-16-15(3,14(18)19)11-12-17(5-2)13-9-7-6-8-10-13/h6-10,16H,4-5,11-12H2,1-3H3,(H,18,19). The highest BCUT2D eigenvalue weighted by Crippen LogP contribution is 2.17. The molecule has 1 rings (SSSR count). The molecule has 0 spiro atoms. The average molecular weight is 264 g/mol. The van der Waals surface area contributed by atoms with Gasteiger partial charge in [0.1, 0.15) is 5.54 Å². The fourth-order valence-electron chi connectivity index (χ4n) is 2.13. The van der Waals surface area contributed by atoms with Gasteiger partial charge in [0.15, 0.2) is 0 Å². The minimum atomic E-state index is -0.864. The van der Waals surface area contributed by atoms with Crippen molar-refractivity contribution >= 4 is 11.7 Å². The zero-order valence-electron chi connectivity index (χ0n) is 12.0. The number of carboxylic acid groups (broad SMARTS) is 1. The van der Waals surface area contributed by atoms with Crippen molar-refractivity contribution in [3.8, 4) is 0 Å². The molecule has 19 heavy (non-hydrogen) atoms. The van der Waals surface area contributed by atoms with Crippen LogP contribution in [0.5, 0.6) is 0 Å². The maximum absolute atomic E-state index is 11.4. The van der Waals surface area contributed by atoms with E-state index in [4.69, 9.17) is 0 Å². The first-order valence-electron chi connectivity index (χ1n) is 6.82. The smallest absolute Gasteiger partial charge is 0.323 e. The lowest BCUT2D eigenvalue weighted by molar-refractivity contribution is -0.144. The van der Waals surface area contributed by atoms with Crippen molar-refractivity contribution in [1.29, 1.82) is 0 Å². The normalized spacial score (nSPS) is 13.8. The molecular formula is C15H24N2O2. The van der Waals surface area contributed by atoms with Gasteiger partial charge >= 0.3 is 5.97 Å². The number of likely N-dealkylation sites (N-methyl/N-ethyl adjacent to an activating group) is 1. The van der Waals surface area contributed by atoms with E-state index in [0.29, 0.717) is 13.0 Å². The van der Waals surface area contributed by atoms with Crippen LogP contribution in [0.25, 0.3) is 0 Å². The van der Waals surface area contributed by atoms with Crippen molar-refractivity contribution in [3.63, 3.8) is 0 Å². The van der Waals surface area contributed by atoms with Crippen LogP contribution >= 0.6 is 0 Å². The maximum atomic E-state index is 11.4. The topological polar surface area (TPSA) is 52.6 Å². The average Bonchev–Trinajstić information content (AvgIpc) is 2.41. The van der Waals surface area contributed by atoms with E-state index in [1.54, 1.807) is 6.92 Å². The number of nitrogens with zero attached hydrogens (tertiary/aromatic N) is 1. The SMILES string of the molecule is CCNC(C)(CCN(CC)c1ccccc1)C(=O)O. The molecular weight excluding hydrogens is 240 g/mol. The first-order valence-corrected chi connectivity index (χ1v) is 6.82. The summed E-state index contributed by atoms with van der Waals surface area (Å²) in [5, 5.41) is 12.4. The lowest BCUT2D eigenvalue weighted by Gasteiger charge is -2.30. The Kier molecular flexibility index (Phi) is 5.83. The van der Waals surface area contributed by atoms with E-state index in [1.807, 2.05) is 25.1 Å². The quantitative estimate of drug-likeness (QED) is 0.757. The largest absolute Gasteiger partial charge is 0.480 e. The molecule has 1 aromatic rings. The molecule has 4 nitrogen and oxygen atoms in total. The van der Waals surface area contributed by atoms with E-state index < -0.39 is 11.5 Å². The Morgan fingerprint density at radius 2 is 1.95 bits per heavy atom. The van der Waals surface area contributed by atoms with E-state index in [2.05, 4.69) is 29.3 Å². The monoisotopic (exact) mass is 264 g/mol. The van der Waals surface area contributed by atoms with Crippen LogP contribution in [0.15, 0.2) is 30.3 Å². The predicted octanol–water partition coefficient (Wildman–Crippen LogP) is 2.36. The van der Waals surface area contributed by atoms with Gasteiger partial charge < -0.3 is 15.3 Å². The highest BCUT2D eigenvalue weighted by molar-refractivity contribution is 5.78. The van der Waals surface area contributed by atoms with E-state index in [9.17, 15) is 9.90 Å². The second-order valence-electron chi connectivity index (χ2n) is 4.83. The van der Waals surface area contributed by atoms with Crippen molar-refractivity contribution in [2.24, 2.45) is 0 Å². The Hall–Kier alpha value is -1.55. The Balaban J connectivity index is 2.69. The molecule has 106 valence electrons. The molecule has 0 aliphatic carbocycles. The van der Waals surface area contributed by atoms with Gasteiger partial charge in [-0.05, 0) is 38.9 Å². The zero-order chi connectivity index (χ0) is 14.3. The van der Waals surface area contributed by atoms with Crippen molar-refractivity contribution in [3.05, 3.63) is 30.3 Å². The van der Waals surface area contributed by atoms with E-state index in [1.165, 1.54) is 0 Å². The fourth-order valence-corrected chi connectivity index (χ4v) is 2.13. The van der Waals surface area contributed by atoms with Gasteiger partial charge in [0.2, 0.25) is 0 Å². The van der Waals surface area contributed by atoms with Gasteiger partial charge in [-0.1, -0.05) is 25.1 Å². The van der Waals surface area contributed by atoms with Crippen LogP contribution in [0.4, 0.5) is 5.69 Å². The molecule has 0 aliphatic rings. The molecule has 0 fully saturated rings. The van der Waals surface area contributed by atoms with Crippen molar-refractivity contribution in [2.45, 2.75) is 32.7 Å². The Morgan fingerprint density at radius 1 is 1.32 bits per heavy atom. The number of aliphatic carboxylic acids is 1. The summed E-state index contributed by atoms with van der Waals surface area (Å²) in [6.45, 7) is 7.99. The molecule has 0 saturated heterocycles. The first kappa shape index (κ1) is 15.5. The van der Waals surface area contributed by atoms with Gasteiger partial charge in [-0.3, -0.25) is 4.79 Å². The third-order valence-corrected chi connectivity index (χ3v) is 3.42. The highest BCUT2D eigenvalue weighted by atomic mass is 16.4. The minimum Gasteiger partial charge on any atom is -0.480 e. The molecule has 1 aromatic carbocycles. The highest BCUT2D eigenvalue weighted by Gasteiger charge is 2.32. The predicted molar refractivity (Wildman–Crippen MR) is 78.7 cm³/mol. The van der Waals surface area contributed by atoms with Crippen molar-refractivity contribution in [2.75, 3.05) is 24.5 Å². The summed E-state index contributed by atoms with van der Waals surface area (Å²) in [7, 11) is 0. The summed E-state index contributed by atoms with van der Waals surface area (Å²) in [5.41, 5.74) is 0.269. The van der Waals surface area contributed by atoms with Gasteiger partial charge in [0.05, 0.1) is 0 Å². The number of anilines is 1. The van der Waals surface area contributed by atoms with Crippen LogP contribution < -0.4 is 10.2 Å². The second kappa shape index (κ2) is 7.14. The molecule has 0 saturated carbocycles. The number of hydrogen-bond donors (Lipinski definition) is 2. The van der Waals surface area contributed by atoms with Gasteiger partial charge in [-0.2, -0.15) is 0 Å². The van der Waals surface area contributed by atoms with Crippen molar-refractivity contribution in [1.82, 2.24) is 5.32 Å². The van der Waals surface area contributed by atoms with Crippen LogP contribution in [-0.2, 0) is 4.79 Å². The van der Waals surface area contributed by atoms with Crippen LogP contribution in [0.1, 0.15) is 27.2 Å². The maximum Gasteiger partial charge on any atom is 0.323 e. The molecule has 0 bridgehead atoms. The van der Waals surface area contributed by atoms with Crippen LogP contribution in [0.2, 0.25) is 0 Å². The molecule has 0 amide bonds. The summed E-state index contributed by atoms with van der Waals surface area (Å²) in [4.78, 5) is 13.6. The number of carboxylic acids is 1. The summed E-state index contributed by atoms with van der Waals surface area (Å²) >= 11 is 0. The lowest BCUT2D eigenvalue weighted by Crippen LogP contribution is -2.51. The number of nitrogens with one attached hydrogen (secondary N) is 1. The summed E-state index contributed by atoms with van der Waals surface area (Å²) in [6, 6.07) is 10.1. The van der Waals surface area contributed by atoms with E-state index in [-0.39, 0.29) is 0 Å². The Morgan fingerprint density at radius 3 is 2.42 bits per heavy atom. The summed E-state index contributed by atoms with van der Waals surface area (Å²) in [5.74, 6) is -0.793. The van der Waals surface area contributed by atoms with E-state index in [0.717, 1.165) is 18.8 Å². The van der Waals surface area contributed by atoms with Crippen LogP contribution in [0.3, 0.4) is 0 Å². The van der Waals surface area contributed by atoms with Gasteiger partial charge in [0, 0.05) is 18.8 Å². The molecule has 1 unspecified atom stereocenters. The summed E-state index contributed by atoms with van der Waals surface area (Å²) in [6.07, 6.45) is 0.568. The number of carbonyl (C=O) groups is 1. The Labute approximate surface area is 115 Å². The molecule has 4 heteroatoms. The minimum absolute atomic E-state index is 0.568. The number of hydrogen-bond acceptors (Lipinski definition) is 3. The lowest BCUT2D eigenvalue weighted by atomic mass is 9.97. The molecule has 0 heterocycles. The number of rotatable bonds is 8. The van der Waals surface area contributed by atoms with Gasteiger partial charge in [-0.25, -0.2) is 0 Å². The molecule has 0 radical (unpaired) electrons. The molecule has 1 atom stereocenters. The number of benzene rings is 1. The summed E-state index contributed by atoms with van der Waals surface area (Å²) < 4.78 is 0. The van der Waals surface area contributed by atoms with Gasteiger partial charge in [-0.15, -0.1) is 0 Å². The van der Waals surface area contributed by atoms with Crippen LogP contribution in [-0.4, -0.2) is 36.2 Å². The third-order valence-electron chi connectivity index (χ3n) is 3.42. The number of para-hydroxylation sites is 1. The Bertz CT molecular complexity index is 394.